The van der Waals surface area contributed by atoms with Gasteiger partial charge in [0, 0.05) is 36.6 Å². The van der Waals surface area contributed by atoms with Crippen LogP contribution in [0.4, 0.5) is 11.5 Å². The molecule has 0 atom stereocenters. The number of fused-ring (bicyclic) bond motifs is 1. The van der Waals surface area contributed by atoms with Gasteiger partial charge in [0.05, 0.1) is 5.69 Å². The Morgan fingerprint density at radius 1 is 1.32 bits per heavy atom. The van der Waals surface area contributed by atoms with Crippen molar-refractivity contribution in [3.05, 3.63) is 51.8 Å². The fourth-order valence-corrected chi connectivity index (χ4v) is 2.62. The third kappa shape index (κ3) is 3.08. The van der Waals surface area contributed by atoms with E-state index in [2.05, 4.69) is 20.4 Å². The summed E-state index contributed by atoms with van der Waals surface area (Å²) < 4.78 is 1.37. The van der Waals surface area contributed by atoms with Gasteiger partial charge in [0.25, 0.3) is 5.56 Å². The first kappa shape index (κ1) is 16.6. The Kier molecular flexibility index (Phi) is 4.47. The van der Waals surface area contributed by atoms with E-state index >= 15 is 0 Å². The van der Waals surface area contributed by atoms with E-state index in [4.69, 9.17) is 5.73 Å². The second kappa shape index (κ2) is 6.72. The molecular formula is C18H20N6O. The first-order chi connectivity index (χ1) is 12.0. The molecule has 0 amide bonds. The van der Waals surface area contributed by atoms with Crippen molar-refractivity contribution in [2.24, 2.45) is 4.99 Å². The van der Waals surface area contributed by atoms with Gasteiger partial charge in [-0.25, -0.2) is 4.98 Å². The molecule has 3 N–H and O–H groups in total. The SMILES string of the molecule is CCNc1ccc2nn(-c3ccc(N)c(C=NC)c3)c(=O)c(C)c2n1. The van der Waals surface area contributed by atoms with Crippen molar-refractivity contribution in [1.82, 2.24) is 14.8 Å². The lowest BCUT2D eigenvalue weighted by Gasteiger charge is -2.11. The molecule has 0 aliphatic heterocycles. The largest absolute Gasteiger partial charge is 0.398 e. The van der Waals surface area contributed by atoms with Crippen LogP contribution in [-0.2, 0) is 0 Å². The number of hydrogen-bond donors (Lipinski definition) is 2. The Hall–Kier alpha value is -3.22. The summed E-state index contributed by atoms with van der Waals surface area (Å²) in [5.74, 6) is 0.728. The van der Waals surface area contributed by atoms with Crippen molar-refractivity contribution in [2.45, 2.75) is 13.8 Å². The minimum Gasteiger partial charge on any atom is -0.398 e. The minimum atomic E-state index is -0.210. The topological polar surface area (TPSA) is 98.2 Å². The van der Waals surface area contributed by atoms with Crippen LogP contribution in [0.25, 0.3) is 16.7 Å². The second-order valence-corrected chi connectivity index (χ2v) is 5.64. The molecule has 0 saturated heterocycles. The van der Waals surface area contributed by atoms with Crippen molar-refractivity contribution in [2.75, 3.05) is 24.6 Å². The highest BCUT2D eigenvalue weighted by Gasteiger charge is 2.12. The molecule has 0 fully saturated rings. The van der Waals surface area contributed by atoms with E-state index in [9.17, 15) is 4.79 Å². The molecule has 0 radical (unpaired) electrons. The van der Waals surface area contributed by atoms with Crippen LogP contribution in [0.3, 0.4) is 0 Å². The number of aliphatic imine (C=N–C) groups is 1. The summed E-state index contributed by atoms with van der Waals surface area (Å²) in [5.41, 5.74) is 9.51. The van der Waals surface area contributed by atoms with Crippen molar-refractivity contribution in [3.63, 3.8) is 0 Å². The van der Waals surface area contributed by atoms with Crippen LogP contribution in [0.1, 0.15) is 18.1 Å². The van der Waals surface area contributed by atoms with Gasteiger partial charge in [-0.2, -0.15) is 9.78 Å². The molecule has 7 nitrogen and oxygen atoms in total. The number of benzene rings is 1. The van der Waals surface area contributed by atoms with E-state index in [1.807, 2.05) is 19.1 Å². The Balaban J connectivity index is 2.21. The second-order valence-electron chi connectivity index (χ2n) is 5.64. The number of nitrogen functional groups attached to an aromatic ring is 1. The molecule has 128 valence electrons. The number of aryl methyl sites for hydroxylation is 1. The number of nitrogens with zero attached hydrogens (tertiary/aromatic N) is 4. The molecule has 3 rings (SSSR count). The predicted molar refractivity (Wildman–Crippen MR) is 102 cm³/mol. The zero-order valence-corrected chi connectivity index (χ0v) is 14.4. The molecule has 25 heavy (non-hydrogen) atoms. The van der Waals surface area contributed by atoms with Crippen molar-refractivity contribution < 1.29 is 0 Å². The lowest BCUT2D eigenvalue weighted by Crippen LogP contribution is -2.24. The monoisotopic (exact) mass is 336 g/mol. The van der Waals surface area contributed by atoms with Gasteiger partial charge in [-0.15, -0.1) is 0 Å². The average Bonchev–Trinajstić information content (AvgIpc) is 2.61. The molecule has 3 aromatic rings. The van der Waals surface area contributed by atoms with Crippen molar-refractivity contribution in [3.8, 4) is 5.69 Å². The summed E-state index contributed by atoms with van der Waals surface area (Å²) in [7, 11) is 1.67. The summed E-state index contributed by atoms with van der Waals surface area (Å²) in [6.45, 7) is 4.51. The van der Waals surface area contributed by atoms with Crippen LogP contribution in [0.15, 0.2) is 40.1 Å². The Bertz CT molecular complexity index is 1020. The normalized spacial score (nSPS) is 11.3. The highest BCUT2D eigenvalue weighted by molar-refractivity contribution is 5.87. The molecule has 2 heterocycles. The van der Waals surface area contributed by atoms with Crippen molar-refractivity contribution >= 4 is 28.8 Å². The van der Waals surface area contributed by atoms with E-state index in [1.54, 1.807) is 38.4 Å². The minimum absolute atomic E-state index is 0.210. The molecule has 0 bridgehead atoms. The number of aromatic nitrogens is 3. The number of pyridine rings is 1. The quantitative estimate of drug-likeness (QED) is 0.562. The molecule has 2 aromatic heterocycles. The number of rotatable bonds is 4. The van der Waals surface area contributed by atoms with E-state index in [0.717, 1.165) is 17.9 Å². The maximum atomic E-state index is 12.8. The summed E-state index contributed by atoms with van der Waals surface area (Å²) in [4.78, 5) is 21.3. The summed E-state index contributed by atoms with van der Waals surface area (Å²) in [6, 6.07) is 9.01. The standard InChI is InChI=1S/C18H20N6O/c1-4-21-16-8-7-15-17(22-16)11(2)18(25)24(23-15)13-5-6-14(19)12(9-13)10-20-3/h5-10H,4,19H2,1-3H3,(H,21,22). The molecule has 7 heteroatoms. The molecule has 0 aliphatic rings. The Morgan fingerprint density at radius 3 is 2.84 bits per heavy atom. The number of hydrogen-bond acceptors (Lipinski definition) is 6. The third-order valence-corrected chi connectivity index (χ3v) is 3.89. The van der Waals surface area contributed by atoms with Crippen LogP contribution in [0.5, 0.6) is 0 Å². The lowest BCUT2D eigenvalue weighted by atomic mass is 10.1. The van der Waals surface area contributed by atoms with Gasteiger partial charge < -0.3 is 11.1 Å². The Morgan fingerprint density at radius 2 is 2.12 bits per heavy atom. The summed E-state index contributed by atoms with van der Waals surface area (Å²) >= 11 is 0. The van der Waals surface area contributed by atoms with Gasteiger partial charge in [0.1, 0.15) is 16.9 Å². The van der Waals surface area contributed by atoms with E-state index in [1.165, 1.54) is 4.68 Å². The van der Waals surface area contributed by atoms with Crippen molar-refractivity contribution in [1.29, 1.82) is 0 Å². The first-order valence-corrected chi connectivity index (χ1v) is 8.01. The molecular weight excluding hydrogens is 316 g/mol. The number of nitrogens with two attached hydrogens (primary N) is 1. The Labute approximate surface area is 145 Å². The van der Waals surface area contributed by atoms with Gasteiger partial charge >= 0.3 is 0 Å². The number of anilines is 2. The summed E-state index contributed by atoms with van der Waals surface area (Å²) in [5, 5.41) is 7.61. The molecule has 0 unspecified atom stereocenters. The lowest BCUT2D eigenvalue weighted by molar-refractivity contribution is 0.820. The zero-order chi connectivity index (χ0) is 18.0. The third-order valence-electron chi connectivity index (χ3n) is 3.89. The van der Waals surface area contributed by atoms with Crippen LogP contribution >= 0.6 is 0 Å². The van der Waals surface area contributed by atoms with E-state index < -0.39 is 0 Å². The van der Waals surface area contributed by atoms with E-state index in [-0.39, 0.29) is 5.56 Å². The zero-order valence-electron chi connectivity index (χ0n) is 14.4. The smallest absolute Gasteiger partial charge is 0.276 e. The molecule has 0 spiro atoms. The van der Waals surface area contributed by atoms with E-state index in [0.29, 0.717) is 28.0 Å². The van der Waals surface area contributed by atoms with Gasteiger partial charge in [0.2, 0.25) is 0 Å². The van der Waals surface area contributed by atoms with Gasteiger partial charge in [-0.3, -0.25) is 9.79 Å². The molecule has 1 aromatic carbocycles. The highest BCUT2D eigenvalue weighted by Crippen LogP contribution is 2.18. The summed E-state index contributed by atoms with van der Waals surface area (Å²) in [6.07, 6.45) is 1.65. The van der Waals surface area contributed by atoms with Crippen LogP contribution < -0.4 is 16.6 Å². The maximum absolute atomic E-state index is 12.8. The molecule has 0 aliphatic carbocycles. The van der Waals surface area contributed by atoms with Crippen LogP contribution in [0.2, 0.25) is 0 Å². The predicted octanol–water partition coefficient (Wildman–Crippen LogP) is 2.15. The fraction of sp³-hybridized carbons (Fsp3) is 0.222. The van der Waals surface area contributed by atoms with Crippen LogP contribution in [0, 0.1) is 6.92 Å². The van der Waals surface area contributed by atoms with Gasteiger partial charge in [-0.1, -0.05) is 0 Å². The molecule has 0 saturated carbocycles. The van der Waals surface area contributed by atoms with Gasteiger partial charge in [0.15, 0.2) is 0 Å². The first-order valence-electron chi connectivity index (χ1n) is 8.01. The maximum Gasteiger partial charge on any atom is 0.276 e. The highest BCUT2D eigenvalue weighted by atomic mass is 16.1. The number of nitrogens with one attached hydrogen (secondary N) is 1. The average molecular weight is 336 g/mol. The fourth-order valence-electron chi connectivity index (χ4n) is 2.62. The van der Waals surface area contributed by atoms with Crippen LogP contribution in [-0.4, -0.2) is 34.6 Å². The van der Waals surface area contributed by atoms with Gasteiger partial charge in [-0.05, 0) is 44.2 Å².